The highest BCUT2D eigenvalue weighted by molar-refractivity contribution is 5.80. The summed E-state index contributed by atoms with van der Waals surface area (Å²) in [6.45, 7) is 2.40. The molecule has 2 N–H and O–H groups in total. The Morgan fingerprint density at radius 3 is 3.00 bits per heavy atom. The molecule has 0 saturated carbocycles. The van der Waals surface area contributed by atoms with E-state index in [4.69, 9.17) is 0 Å². The van der Waals surface area contributed by atoms with E-state index in [-0.39, 0.29) is 18.1 Å². The van der Waals surface area contributed by atoms with Crippen molar-refractivity contribution in [3.8, 4) is 0 Å². The van der Waals surface area contributed by atoms with Crippen LogP contribution in [0.1, 0.15) is 6.92 Å². The van der Waals surface area contributed by atoms with Crippen molar-refractivity contribution in [3.63, 3.8) is 0 Å². The lowest BCUT2D eigenvalue weighted by molar-refractivity contribution is -0.384. The van der Waals surface area contributed by atoms with Gasteiger partial charge >= 0.3 is 0 Å². The predicted octanol–water partition coefficient (Wildman–Crippen LogP) is 0.538. The second-order valence-corrected chi connectivity index (χ2v) is 2.96. The summed E-state index contributed by atoms with van der Waals surface area (Å²) in [7, 11) is 0. The minimum absolute atomic E-state index is 0.0437. The Balaban J connectivity index is 2.57. The van der Waals surface area contributed by atoms with Gasteiger partial charge in [0.25, 0.3) is 5.69 Å². The molecular weight excluding hydrogens is 212 g/mol. The lowest BCUT2D eigenvalue weighted by Crippen LogP contribution is -2.29. The van der Waals surface area contributed by atoms with Crippen molar-refractivity contribution in [2.75, 3.05) is 18.4 Å². The Kier molecular flexibility index (Phi) is 4.19. The maximum Gasteiger partial charge on any atom is 0.274 e. The summed E-state index contributed by atoms with van der Waals surface area (Å²) in [4.78, 5) is 24.9. The number of rotatable bonds is 5. The Morgan fingerprint density at radius 1 is 1.62 bits per heavy atom. The number of hydrogen-bond donors (Lipinski definition) is 2. The molecule has 7 heteroatoms. The zero-order valence-electron chi connectivity index (χ0n) is 8.77. The summed E-state index contributed by atoms with van der Waals surface area (Å²) in [5.41, 5.74) is -0.0617. The predicted molar refractivity (Wildman–Crippen MR) is 58.1 cm³/mol. The van der Waals surface area contributed by atoms with Crippen LogP contribution in [0.4, 0.5) is 11.5 Å². The van der Waals surface area contributed by atoms with Gasteiger partial charge in [0.1, 0.15) is 5.82 Å². The molecular formula is C9H12N4O3. The fraction of sp³-hybridized carbons (Fsp3) is 0.333. The lowest BCUT2D eigenvalue weighted by atomic mass is 10.4. The van der Waals surface area contributed by atoms with Crippen molar-refractivity contribution in [2.45, 2.75) is 6.92 Å². The molecule has 0 fully saturated rings. The third-order valence-corrected chi connectivity index (χ3v) is 1.76. The highest BCUT2D eigenvalue weighted by atomic mass is 16.6. The third kappa shape index (κ3) is 3.52. The van der Waals surface area contributed by atoms with E-state index in [1.807, 2.05) is 6.92 Å². The summed E-state index contributed by atoms with van der Waals surface area (Å²) in [6.07, 6.45) is 1.32. The molecule has 0 aliphatic carbocycles. The minimum atomic E-state index is -0.515. The molecule has 0 bridgehead atoms. The Bertz CT molecular complexity index is 394. The first-order chi connectivity index (χ1) is 7.63. The van der Waals surface area contributed by atoms with Gasteiger partial charge in [0.2, 0.25) is 5.91 Å². The lowest BCUT2D eigenvalue weighted by Gasteiger charge is -2.04. The fourth-order valence-electron chi connectivity index (χ4n) is 1.06. The Labute approximate surface area is 92.0 Å². The van der Waals surface area contributed by atoms with Crippen molar-refractivity contribution in [1.29, 1.82) is 0 Å². The van der Waals surface area contributed by atoms with Crippen LogP contribution in [0.3, 0.4) is 0 Å². The van der Waals surface area contributed by atoms with Gasteiger partial charge in [0.05, 0.1) is 17.5 Å². The number of nitrogens with zero attached hydrogens (tertiary/aromatic N) is 2. The first kappa shape index (κ1) is 11.9. The second-order valence-electron chi connectivity index (χ2n) is 2.96. The van der Waals surface area contributed by atoms with Gasteiger partial charge in [-0.25, -0.2) is 4.98 Å². The van der Waals surface area contributed by atoms with Gasteiger partial charge in [-0.05, 0) is 6.92 Å². The average molecular weight is 224 g/mol. The highest BCUT2D eigenvalue weighted by Gasteiger charge is 2.07. The maximum absolute atomic E-state index is 11.1. The van der Waals surface area contributed by atoms with E-state index in [0.29, 0.717) is 12.4 Å². The van der Waals surface area contributed by atoms with E-state index >= 15 is 0 Å². The fourth-order valence-corrected chi connectivity index (χ4v) is 1.06. The van der Waals surface area contributed by atoms with Crippen molar-refractivity contribution >= 4 is 17.4 Å². The third-order valence-electron chi connectivity index (χ3n) is 1.76. The molecule has 7 nitrogen and oxygen atoms in total. The standard InChI is InChI=1S/C9H12N4O3/c1-2-10-9(14)6-12-8-5-7(13(15)16)3-4-11-8/h3-5H,2,6H2,1H3,(H,10,14)(H,11,12). The molecule has 0 aliphatic rings. The first-order valence-electron chi connectivity index (χ1n) is 4.74. The quantitative estimate of drug-likeness (QED) is 0.562. The van der Waals surface area contributed by atoms with E-state index in [2.05, 4.69) is 15.6 Å². The number of anilines is 1. The van der Waals surface area contributed by atoms with Gasteiger partial charge in [-0.3, -0.25) is 14.9 Å². The molecule has 86 valence electrons. The number of nitrogens with one attached hydrogen (secondary N) is 2. The van der Waals surface area contributed by atoms with E-state index in [1.165, 1.54) is 18.3 Å². The van der Waals surface area contributed by atoms with Crippen LogP contribution >= 0.6 is 0 Å². The number of likely N-dealkylation sites (N-methyl/N-ethyl adjacent to an activating group) is 1. The molecule has 1 aromatic heterocycles. The van der Waals surface area contributed by atoms with Crippen LogP contribution in [-0.4, -0.2) is 28.9 Å². The first-order valence-corrected chi connectivity index (χ1v) is 4.74. The van der Waals surface area contributed by atoms with Crippen molar-refractivity contribution in [3.05, 3.63) is 28.4 Å². The molecule has 0 atom stereocenters. The molecule has 16 heavy (non-hydrogen) atoms. The van der Waals surface area contributed by atoms with Gasteiger partial charge in [0, 0.05) is 18.8 Å². The zero-order chi connectivity index (χ0) is 12.0. The number of carbonyl (C=O) groups is 1. The van der Waals surface area contributed by atoms with Gasteiger partial charge in [0.15, 0.2) is 0 Å². The summed E-state index contributed by atoms with van der Waals surface area (Å²) in [5.74, 6) is 0.122. The highest BCUT2D eigenvalue weighted by Crippen LogP contribution is 2.13. The molecule has 0 spiro atoms. The summed E-state index contributed by atoms with van der Waals surface area (Å²) in [6, 6.07) is 2.57. The molecule has 1 heterocycles. The number of nitro groups is 1. The molecule has 1 aromatic rings. The van der Waals surface area contributed by atoms with Crippen molar-refractivity contribution in [1.82, 2.24) is 10.3 Å². The summed E-state index contributed by atoms with van der Waals surface area (Å²) < 4.78 is 0. The Hall–Kier alpha value is -2.18. The van der Waals surface area contributed by atoms with Gasteiger partial charge in [-0.1, -0.05) is 0 Å². The van der Waals surface area contributed by atoms with Crippen LogP contribution in [0.5, 0.6) is 0 Å². The van der Waals surface area contributed by atoms with Gasteiger partial charge in [-0.2, -0.15) is 0 Å². The van der Waals surface area contributed by atoms with Crippen LogP contribution in [0.2, 0.25) is 0 Å². The average Bonchev–Trinajstić information content (AvgIpc) is 2.27. The normalized spacial score (nSPS) is 9.56. The van der Waals surface area contributed by atoms with Crippen molar-refractivity contribution < 1.29 is 9.72 Å². The summed E-state index contributed by atoms with van der Waals surface area (Å²) in [5, 5.41) is 15.8. The molecule has 0 aliphatic heterocycles. The topological polar surface area (TPSA) is 97.2 Å². The number of carbonyl (C=O) groups excluding carboxylic acids is 1. The molecule has 0 unspecified atom stereocenters. The summed E-state index contributed by atoms with van der Waals surface area (Å²) >= 11 is 0. The SMILES string of the molecule is CCNC(=O)CNc1cc([N+](=O)[O-])ccn1. The van der Waals surface area contributed by atoms with Crippen LogP contribution in [0, 0.1) is 10.1 Å². The van der Waals surface area contributed by atoms with Crippen LogP contribution in [0.25, 0.3) is 0 Å². The van der Waals surface area contributed by atoms with Crippen LogP contribution < -0.4 is 10.6 Å². The number of pyridine rings is 1. The van der Waals surface area contributed by atoms with Crippen LogP contribution in [-0.2, 0) is 4.79 Å². The Morgan fingerprint density at radius 2 is 2.38 bits per heavy atom. The monoisotopic (exact) mass is 224 g/mol. The number of amides is 1. The van der Waals surface area contributed by atoms with Gasteiger partial charge < -0.3 is 10.6 Å². The number of aromatic nitrogens is 1. The molecule has 1 amide bonds. The van der Waals surface area contributed by atoms with E-state index in [1.54, 1.807) is 0 Å². The molecule has 0 radical (unpaired) electrons. The van der Waals surface area contributed by atoms with E-state index < -0.39 is 4.92 Å². The molecule has 0 aromatic carbocycles. The van der Waals surface area contributed by atoms with Gasteiger partial charge in [-0.15, -0.1) is 0 Å². The second kappa shape index (κ2) is 5.64. The molecule has 1 rings (SSSR count). The van der Waals surface area contributed by atoms with Crippen molar-refractivity contribution in [2.24, 2.45) is 0 Å². The maximum atomic E-state index is 11.1. The smallest absolute Gasteiger partial charge is 0.274 e. The molecule has 0 saturated heterocycles. The van der Waals surface area contributed by atoms with Crippen LogP contribution in [0.15, 0.2) is 18.3 Å². The van der Waals surface area contributed by atoms with E-state index in [0.717, 1.165) is 0 Å². The largest absolute Gasteiger partial charge is 0.361 e. The minimum Gasteiger partial charge on any atom is -0.361 e. The van der Waals surface area contributed by atoms with E-state index in [9.17, 15) is 14.9 Å². The number of hydrogen-bond acceptors (Lipinski definition) is 5. The zero-order valence-corrected chi connectivity index (χ0v) is 8.77.